The van der Waals surface area contributed by atoms with Gasteiger partial charge >= 0.3 is 0 Å². The molecule has 0 bridgehead atoms. The lowest BCUT2D eigenvalue weighted by Crippen LogP contribution is -2.40. The van der Waals surface area contributed by atoms with Crippen molar-refractivity contribution in [1.82, 2.24) is 15.3 Å². The molecular formula is C24H24ClFN4O3. The molecule has 2 heterocycles. The van der Waals surface area contributed by atoms with Crippen LogP contribution < -0.4 is 19.7 Å². The maximum atomic E-state index is 13.3. The molecule has 1 aliphatic rings. The van der Waals surface area contributed by atoms with Crippen LogP contribution in [0.3, 0.4) is 0 Å². The number of piperidine rings is 1. The number of anilines is 1. The van der Waals surface area contributed by atoms with Crippen molar-refractivity contribution in [2.24, 2.45) is 5.92 Å². The molecule has 33 heavy (non-hydrogen) atoms. The van der Waals surface area contributed by atoms with Gasteiger partial charge in [-0.15, -0.1) is 0 Å². The van der Waals surface area contributed by atoms with Crippen LogP contribution in [-0.2, 0) is 11.3 Å². The number of carbonyl (C=O) groups excluding carboxylic acids is 1. The number of ether oxygens (including phenoxy) is 2. The summed E-state index contributed by atoms with van der Waals surface area (Å²) in [5.74, 6) is 1.72. The van der Waals surface area contributed by atoms with E-state index in [4.69, 9.17) is 21.1 Å². The van der Waals surface area contributed by atoms with Gasteiger partial charge in [0.05, 0.1) is 12.1 Å². The Morgan fingerprint density at radius 1 is 1.15 bits per heavy atom. The lowest BCUT2D eigenvalue weighted by atomic mass is 9.96. The van der Waals surface area contributed by atoms with Crippen LogP contribution in [-0.4, -0.2) is 36.1 Å². The predicted molar refractivity (Wildman–Crippen MR) is 123 cm³/mol. The van der Waals surface area contributed by atoms with Crippen LogP contribution in [0.5, 0.6) is 17.4 Å². The normalized spacial score (nSPS) is 14.1. The van der Waals surface area contributed by atoms with Crippen molar-refractivity contribution < 1.29 is 18.7 Å². The molecule has 0 unspecified atom stereocenters. The summed E-state index contributed by atoms with van der Waals surface area (Å²) in [7, 11) is 1.60. The number of amides is 1. The highest BCUT2D eigenvalue weighted by atomic mass is 35.5. The highest BCUT2D eigenvalue weighted by Gasteiger charge is 2.27. The van der Waals surface area contributed by atoms with Crippen LogP contribution in [0.4, 0.5) is 10.2 Å². The van der Waals surface area contributed by atoms with Gasteiger partial charge in [-0.05, 0) is 42.7 Å². The molecule has 1 fully saturated rings. The zero-order valence-corrected chi connectivity index (χ0v) is 18.9. The molecule has 0 spiro atoms. The Labute approximate surface area is 196 Å². The summed E-state index contributed by atoms with van der Waals surface area (Å²) in [4.78, 5) is 23.5. The molecule has 1 N–H and O–H groups in total. The van der Waals surface area contributed by atoms with Crippen LogP contribution in [0, 0.1) is 11.7 Å². The average Bonchev–Trinajstić information content (AvgIpc) is 2.85. The molecule has 1 saturated heterocycles. The van der Waals surface area contributed by atoms with Gasteiger partial charge in [0.25, 0.3) is 5.88 Å². The van der Waals surface area contributed by atoms with Crippen LogP contribution in [0.15, 0.2) is 54.9 Å². The number of benzene rings is 2. The first-order valence-electron chi connectivity index (χ1n) is 10.6. The van der Waals surface area contributed by atoms with Gasteiger partial charge in [0, 0.05) is 44.0 Å². The average molecular weight is 471 g/mol. The monoisotopic (exact) mass is 470 g/mol. The number of hydrogen-bond acceptors (Lipinski definition) is 6. The predicted octanol–water partition coefficient (Wildman–Crippen LogP) is 4.60. The third kappa shape index (κ3) is 5.70. The maximum Gasteiger partial charge on any atom is 0.263 e. The van der Waals surface area contributed by atoms with E-state index in [0.29, 0.717) is 55.7 Å². The standard InChI is InChI=1S/C24H24ClFN4O3/c1-32-18-3-2-4-19(14-18)33-24-22(27-9-10-28-24)30-11-7-17(8-12-30)23(31)29-15-16-5-6-21(26)20(25)13-16/h2-6,9-10,13-14,17H,7-8,11-12,15H2,1H3,(H,29,31). The molecule has 9 heteroatoms. The second kappa shape index (κ2) is 10.5. The van der Waals surface area contributed by atoms with Crippen molar-refractivity contribution in [3.63, 3.8) is 0 Å². The molecule has 4 rings (SSSR count). The maximum absolute atomic E-state index is 13.3. The zero-order valence-electron chi connectivity index (χ0n) is 18.1. The summed E-state index contributed by atoms with van der Waals surface area (Å²) >= 11 is 5.81. The van der Waals surface area contributed by atoms with Gasteiger partial charge in [0.2, 0.25) is 5.91 Å². The molecular weight excluding hydrogens is 447 g/mol. The molecule has 3 aromatic rings. The van der Waals surface area contributed by atoms with Crippen LogP contribution >= 0.6 is 11.6 Å². The summed E-state index contributed by atoms with van der Waals surface area (Å²) in [6, 6.07) is 11.7. The minimum Gasteiger partial charge on any atom is -0.497 e. The number of nitrogens with zero attached hydrogens (tertiary/aromatic N) is 3. The van der Waals surface area contributed by atoms with Crippen LogP contribution in [0.2, 0.25) is 5.02 Å². The van der Waals surface area contributed by atoms with Gasteiger partial charge in [-0.2, -0.15) is 0 Å². The van der Waals surface area contributed by atoms with Gasteiger partial charge in [-0.3, -0.25) is 4.79 Å². The molecule has 2 aromatic carbocycles. The molecule has 0 aliphatic carbocycles. The number of nitrogens with one attached hydrogen (secondary N) is 1. The van der Waals surface area contributed by atoms with E-state index in [-0.39, 0.29) is 16.8 Å². The minimum absolute atomic E-state index is 0.0258. The number of aromatic nitrogens is 2. The lowest BCUT2D eigenvalue weighted by molar-refractivity contribution is -0.125. The molecule has 0 atom stereocenters. The Hall–Kier alpha value is -3.39. The highest BCUT2D eigenvalue weighted by molar-refractivity contribution is 6.30. The molecule has 0 radical (unpaired) electrons. The number of rotatable bonds is 7. The first-order chi connectivity index (χ1) is 16.0. The Kier molecular flexibility index (Phi) is 7.24. The minimum atomic E-state index is -0.474. The van der Waals surface area contributed by atoms with Gasteiger partial charge < -0.3 is 19.7 Å². The fourth-order valence-electron chi connectivity index (χ4n) is 3.72. The molecule has 1 amide bonds. The van der Waals surface area contributed by atoms with Gasteiger partial charge in [0.15, 0.2) is 5.82 Å². The van der Waals surface area contributed by atoms with Crippen molar-refractivity contribution >= 4 is 23.3 Å². The lowest BCUT2D eigenvalue weighted by Gasteiger charge is -2.32. The van der Waals surface area contributed by atoms with Crippen LogP contribution in [0.25, 0.3) is 0 Å². The first-order valence-corrected chi connectivity index (χ1v) is 11.0. The van der Waals surface area contributed by atoms with Gasteiger partial charge in [-0.25, -0.2) is 14.4 Å². The van der Waals surface area contributed by atoms with E-state index in [0.717, 1.165) is 5.56 Å². The third-order valence-electron chi connectivity index (χ3n) is 5.52. The Bertz CT molecular complexity index is 1120. The van der Waals surface area contributed by atoms with Crippen molar-refractivity contribution in [2.75, 3.05) is 25.1 Å². The van der Waals surface area contributed by atoms with E-state index >= 15 is 0 Å². The first kappa shape index (κ1) is 22.8. The number of methoxy groups -OCH3 is 1. The van der Waals surface area contributed by atoms with Crippen LogP contribution in [0.1, 0.15) is 18.4 Å². The topological polar surface area (TPSA) is 76.6 Å². The Morgan fingerprint density at radius 2 is 1.91 bits per heavy atom. The second-order valence-corrected chi connectivity index (χ2v) is 8.10. The fourth-order valence-corrected chi connectivity index (χ4v) is 3.92. The SMILES string of the molecule is COc1cccc(Oc2nccnc2N2CCC(C(=O)NCc3ccc(F)c(Cl)c3)CC2)c1. The van der Waals surface area contributed by atoms with Crippen molar-refractivity contribution in [3.8, 4) is 17.4 Å². The molecule has 172 valence electrons. The molecule has 1 aliphatic heterocycles. The number of halogens is 2. The van der Waals surface area contributed by atoms with Gasteiger partial charge in [0.1, 0.15) is 17.3 Å². The highest BCUT2D eigenvalue weighted by Crippen LogP contribution is 2.32. The quantitative estimate of drug-likeness (QED) is 0.543. The summed E-state index contributed by atoms with van der Waals surface area (Å²) in [6.07, 6.45) is 4.55. The van der Waals surface area contributed by atoms with Crippen molar-refractivity contribution in [1.29, 1.82) is 0 Å². The summed E-state index contributed by atoms with van der Waals surface area (Å²) in [5.41, 5.74) is 0.756. The van der Waals surface area contributed by atoms with E-state index in [1.54, 1.807) is 31.6 Å². The Morgan fingerprint density at radius 3 is 2.67 bits per heavy atom. The van der Waals surface area contributed by atoms with E-state index in [9.17, 15) is 9.18 Å². The smallest absolute Gasteiger partial charge is 0.263 e. The molecule has 7 nitrogen and oxygen atoms in total. The summed E-state index contributed by atoms with van der Waals surface area (Å²) in [5, 5.41) is 2.97. The summed E-state index contributed by atoms with van der Waals surface area (Å²) in [6.45, 7) is 1.60. The zero-order chi connectivity index (χ0) is 23.2. The molecule has 0 saturated carbocycles. The molecule has 1 aromatic heterocycles. The largest absolute Gasteiger partial charge is 0.497 e. The Balaban J connectivity index is 1.35. The van der Waals surface area contributed by atoms with E-state index in [1.165, 1.54) is 12.1 Å². The number of hydrogen-bond donors (Lipinski definition) is 1. The third-order valence-corrected chi connectivity index (χ3v) is 5.81. The van der Waals surface area contributed by atoms with Gasteiger partial charge in [-0.1, -0.05) is 23.7 Å². The summed E-state index contributed by atoms with van der Waals surface area (Å²) < 4.78 is 24.5. The van der Waals surface area contributed by atoms with E-state index in [1.807, 2.05) is 18.2 Å². The van der Waals surface area contributed by atoms with E-state index in [2.05, 4.69) is 20.2 Å². The fraction of sp³-hybridized carbons (Fsp3) is 0.292. The second-order valence-electron chi connectivity index (χ2n) is 7.69. The van der Waals surface area contributed by atoms with Crippen molar-refractivity contribution in [2.45, 2.75) is 19.4 Å². The number of carbonyl (C=O) groups is 1. The van der Waals surface area contributed by atoms with E-state index < -0.39 is 5.82 Å². The van der Waals surface area contributed by atoms with Crippen molar-refractivity contribution in [3.05, 3.63) is 71.3 Å².